The Hall–Kier alpha value is -2.26. The standard InChI is InChI=1S/C23H28ClN3O4S.ClH/c1-6-26(7-2)12-13-27(22(28)16-14-15(24)8-9-17(16)29-3)23-25-20-18(30-4)10-11-19(31-5)21(20)32-23;/h8-11,14H,6-7,12-13H2,1-5H3;1H. The zero-order valence-electron chi connectivity index (χ0n) is 19.4. The molecule has 10 heteroatoms. The first-order valence-corrected chi connectivity index (χ1v) is 11.6. The van der Waals surface area contributed by atoms with Crippen molar-refractivity contribution in [1.82, 2.24) is 9.88 Å². The molecule has 7 nitrogen and oxygen atoms in total. The van der Waals surface area contributed by atoms with E-state index >= 15 is 0 Å². The van der Waals surface area contributed by atoms with Gasteiger partial charge in [-0.25, -0.2) is 4.98 Å². The summed E-state index contributed by atoms with van der Waals surface area (Å²) in [4.78, 5) is 22.4. The molecule has 0 aliphatic carbocycles. The minimum Gasteiger partial charge on any atom is -0.496 e. The lowest BCUT2D eigenvalue weighted by atomic mass is 10.1. The molecule has 2 aromatic carbocycles. The van der Waals surface area contributed by atoms with E-state index in [0.717, 1.165) is 17.8 Å². The summed E-state index contributed by atoms with van der Waals surface area (Å²) in [5, 5.41) is 1.02. The lowest BCUT2D eigenvalue weighted by Gasteiger charge is -2.25. The molecule has 0 unspecified atom stereocenters. The number of carbonyl (C=O) groups is 1. The van der Waals surface area contributed by atoms with E-state index < -0.39 is 0 Å². The number of amides is 1. The number of carbonyl (C=O) groups excluding carboxylic acids is 1. The number of halogens is 2. The average Bonchev–Trinajstić information content (AvgIpc) is 3.26. The van der Waals surface area contributed by atoms with E-state index in [2.05, 4.69) is 18.7 Å². The summed E-state index contributed by atoms with van der Waals surface area (Å²) in [5.41, 5.74) is 1.04. The molecule has 0 saturated heterocycles. The Kier molecular flexibility index (Phi) is 10.0. The number of benzene rings is 2. The van der Waals surface area contributed by atoms with Crippen LogP contribution in [0.4, 0.5) is 5.13 Å². The molecule has 0 N–H and O–H groups in total. The molecule has 0 aliphatic rings. The van der Waals surface area contributed by atoms with Gasteiger partial charge in [-0.2, -0.15) is 0 Å². The van der Waals surface area contributed by atoms with Crippen molar-refractivity contribution >= 4 is 56.6 Å². The number of likely N-dealkylation sites (N-methyl/N-ethyl adjacent to an activating group) is 1. The van der Waals surface area contributed by atoms with Crippen molar-refractivity contribution in [2.75, 3.05) is 52.4 Å². The predicted octanol–water partition coefficient (Wildman–Crippen LogP) is 5.39. The summed E-state index contributed by atoms with van der Waals surface area (Å²) in [6, 6.07) is 8.67. The number of ether oxygens (including phenoxy) is 3. The third kappa shape index (κ3) is 5.81. The third-order valence-corrected chi connectivity index (χ3v) is 6.63. The molecule has 1 amide bonds. The van der Waals surface area contributed by atoms with Gasteiger partial charge >= 0.3 is 0 Å². The van der Waals surface area contributed by atoms with E-state index in [4.69, 9.17) is 30.8 Å². The summed E-state index contributed by atoms with van der Waals surface area (Å²) >= 11 is 7.59. The van der Waals surface area contributed by atoms with Crippen LogP contribution in [0, 0.1) is 0 Å². The molecule has 0 fully saturated rings. The Morgan fingerprint density at radius 1 is 0.970 bits per heavy atom. The highest BCUT2D eigenvalue weighted by molar-refractivity contribution is 7.22. The zero-order chi connectivity index (χ0) is 23.3. The molecular formula is C23H29Cl2N3O4S. The minimum absolute atomic E-state index is 0. The first-order chi connectivity index (χ1) is 15.5. The minimum atomic E-state index is -0.228. The molecule has 1 heterocycles. The second-order valence-corrected chi connectivity index (χ2v) is 8.39. The Balaban J connectivity index is 0.00000385. The normalized spacial score (nSPS) is 10.8. The van der Waals surface area contributed by atoms with Crippen molar-refractivity contribution in [1.29, 1.82) is 0 Å². The molecule has 0 spiro atoms. The van der Waals surface area contributed by atoms with Gasteiger partial charge in [-0.15, -0.1) is 12.4 Å². The van der Waals surface area contributed by atoms with Gasteiger partial charge in [0.25, 0.3) is 5.91 Å². The monoisotopic (exact) mass is 513 g/mol. The Morgan fingerprint density at radius 2 is 1.58 bits per heavy atom. The topological polar surface area (TPSA) is 64.1 Å². The number of thiazole rings is 1. The van der Waals surface area contributed by atoms with Gasteiger partial charge in [0.15, 0.2) is 5.13 Å². The third-order valence-electron chi connectivity index (χ3n) is 5.30. The van der Waals surface area contributed by atoms with Crippen molar-refractivity contribution in [3.63, 3.8) is 0 Å². The SMILES string of the molecule is CCN(CC)CCN(C(=O)c1cc(Cl)ccc1OC)c1nc2c(OC)ccc(OC)c2s1.Cl. The van der Waals surface area contributed by atoms with Gasteiger partial charge in [-0.1, -0.05) is 36.8 Å². The second-order valence-electron chi connectivity index (χ2n) is 6.97. The number of methoxy groups -OCH3 is 3. The first kappa shape index (κ1) is 27.0. The lowest BCUT2D eigenvalue weighted by molar-refractivity contribution is 0.0981. The molecule has 0 radical (unpaired) electrons. The fourth-order valence-electron chi connectivity index (χ4n) is 3.45. The van der Waals surface area contributed by atoms with E-state index in [0.29, 0.717) is 51.6 Å². The average molecular weight is 514 g/mol. The molecule has 0 saturated carbocycles. The molecule has 3 rings (SSSR count). The van der Waals surface area contributed by atoms with Crippen LogP contribution in [0.2, 0.25) is 5.02 Å². The smallest absolute Gasteiger partial charge is 0.263 e. The van der Waals surface area contributed by atoms with Crippen molar-refractivity contribution in [2.24, 2.45) is 0 Å². The summed E-state index contributed by atoms with van der Waals surface area (Å²) in [6.07, 6.45) is 0. The summed E-state index contributed by atoms with van der Waals surface area (Å²) < 4.78 is 17.3. The number of hydrogen-bond acceptors (Lipinski definition) is 7. The zero-order valence-corrected chi connectivity index (χ0v) is 21.8. The number of rotatable bonds is 10. The van der Waals surface area contributed by atoms with Crippen molar-refractivity contribution < 1.29 is 19.0 Å². The molecular weight excluding hydrogens is 485 g/mol. The van der Waals surface area contributed by atoms with Gasteiger partial charge in [0, 0.05) is 18.1 Å². The van der Waals surface area contributed by atoms with Crippen LogP contribution in [-0.2, 0) is 0 Å². The number of fused-ring (bicyclic) bond motifs is 1. The molecule has 0 atom stereocenters. The largest absolute Gasteiger partial charge is 0.496 e. The molecule has 180 valence electrons. The maximum absolute atomic E-state index is 13.7. The van der Waals surface area contributed by atoms with Crippen LogP contribution >= 0.6 is 35.3 Å². The van der Waals surface area contributed by atoms with Crippen LogP contribution in [0.25, 0.3) is 10.2 Å². The van der Waals surface area contributed by atoms with Crippen molar-refractivity contribution in [2.45, 2.75) is 13.8 Å². The Bertz CT molecular complexity index is 1050. The van der Waals surface area contributed by atoms with E-state index in [1.807, 2.05) is 12.1 Å². The van der Waals surface area contributed by atoms with Gasteiger partial charge in [0.2, 0.25) is 0 Å². The van der Waals surface area contributed by atoms with E-state index in [9.17, 15) is 4.79 Å². The fourth-order valence-corrected chi connectivity index (χ4v) is 4.72. The second kappa shape index (κ2) is 12.3. The highest BCUT2D eigenvalue weighted by Crippen LogP contribution is 2.40. The number of nitrogens with zero attached hydrogens (tertiary/aromatic N) is 3. The highest BCUT2D eigenvalue weighted by atomic mass is 35.5. The lowest BCUT2D eigenvalue weighted by Crippen LogP contribution is -2.39. The molecule has 0 bridgehead atoms. The maximum Gasteiger partial charge on any atom is 0.263 e. The maximum atomic E-state index is 13.7. The van der Waals surface area contributed by atoms with Crippen molar-refractivity contribution in [3.05, 3.63) is 40.9 Å². The van der Waals surface area contributed by atoms with E-state index in [1.165, 1.54) is 18.4 Å². The van der Waals surface area contributed by atoms with Crippen LogP contribution in [0.1, 0.15) is 24.2 Å². The Morgan fingerprint density at radius 3 is 2.18 bits per heavy atom. The summed E-state index contributed by atoms with van der Waals surface area (Å²) in [7, 11) is 4.74. The van der Waals surface area contributed by atoms with Crippen LogP contribution in [0.15, 0.2) is 30.3 Å². The molecule has 33 heavy (non-hydrogen) atoms. The number of hydrogen-bond donors (Lipinski definition) is 0. The van der Waals surface area contributed by atoms with Gasteiger partial charge in [0.05, 0.1) is 26.9 Å². The van der Waals surface area contributed by atoms with Crippen LogP contribution in [-0.4, -0.2) is 63.3 Å². The quantitative estimate of drug-likeness (QED) is 0.362. The highest BCUT2D eigenvalue weighted by Gasteiger charge is 2.26. The van der Waals surface area contributed by atoms with Crippen LogP contribution in [0.3, 0.4) is 0 Å². The molecule has 1 aromatic heterocycles. The van der Waals surface area contributed by atoms with Gasteiger partial charge in [-0.05, 0) is 43.4 Å². The van der Waals surface area contributed by atoms with Gasteiger partial charge in [-0.3, -0.25) is 9.69 Å². The molecule has 0 aliphatic heterocycles. The van der Waals surface area contributed by atoms with Crippen LogP contribution in [0.5, 0.6) is 17.2 Å². The first-order valence-electron chi connectivity index (χ1n) is 10.4. The van der Waals surface area contributed by atoms with Crippen molar-refractivity contribution in [3.8, 4) is 17.2 Å². The van der Waals surface area contributed by atoms with E-state index in [1.54, 1.807) is 37.3 Å². The predicted molar refractivity (Wildman–Crippen MR) is 137 cm³/mol. The number of anilines is 1. The molecule has 3 aromatic rings. The van der Waals surface area contributed by atoms with Gasteiger partial charge in [0.1, 0.15) is 27.5 Å². The number of aromatic nitrogens is 1. The van der Waals surface area contributed by atoms with Crippen LogP contribution < -0.4 is 19.1 Å². The van der Waals surface area contributed by atoms with Gasteiger partial charge < -0.3 is 19.1 Å². The fraction of sp³-hybridized carbons (Fsp3) is 0.391. The van der Waals surface area contributed by atoms with E-state index in [-0.39, 0.29) is 18.3 Å². The Labute approximate surface area is 209 Å². The summed E-state index contributed by atoms with van der Waals surface area (Å²) in [5.74, 6) is 1.54. The summed E-state index contributed by atoms with van der Waals surface area (Å²) in [6.45, 7) is 7.14.